The van der Waals surface area contributed by atoms with Gasteiger partial charge in [-0.2, -0.15) is 0 Å². The predicted octanol–water partition coefficient (Wildman–Crippen LogP) is 0.434. The van der Waals surface area contributed by atoms with Gasteiger partial charge in [0, 0.05) is 0 Å². The molecule has 0 aliphatic carbocycles. The third-order valence-corrected chi connectivity index (χ3v) is 2.51. The zero-order valence-electron chi connectivity index (χ0n) is 7.66. The highest BCUT2D eigenvalue weighted by atomic mass is 16.5. The third-order valence-electron chi connectivity index (χ3n) is 2.51. The molecule has 11 heavy (non-hydrogen) atoms. The minimum atomic E-state index is -0.318. The van der Waals surface area contributed by atoms with Crippen molar-refractivity contribution in [2.45, 2.75) is 38.6 Å². The van der Waals surface area contributed by atoms with Crippen molar-refractivity contribution in [1.82, 2.24) is 4.90 Å². The molecule has 1 heterocycles. The van der Waals surface area contributed by atoms with Crippen LogP contribution >= 0.6 is 0 Å². The highest BCUT2D eigenvalue weighted by Crippen LogP contribution is 2.26. The molecule has 0 unspecified atom stereocenters. The average molecular weight is 159 g/mol. The summed E-state index contributed by atoms with van der Waals surface area (Å²) >= 11 is 0. The highest BCUT2D eigenvalue weighted by Gasteiger charge is 2.39. The summed E-state index contributed by atoms with van der Waals surface area (Å²) < 4.78 is 5.49. The van der Waals surface area contributed by atoms with Crippen LogP contribution < -0.4 is 0 Å². The van der Waals surface area contributed by atoms with E-state index in [2.05, 4.69) is 4.90 Å². The van der Waals surface area contributed by atoms with E-state index in [0.29, 0.717) is 6.61 Å². The Morgan fingerprint density at radius 1 is 1.64 bits per heavy atom. The van der Waals surface area contributed by atoms with Gasteiger partial charge in [0.05, 0.1) is 18.8 Å². The van der Waals surface area contributed by atoms with Gasteiger partial charge >= 0.3 is 0 Å². The molecule has 0 aromatic rings. The summed E-state index contributed by atoms with van der Waals surface area (Å²) in [4.78, 5) is 2.07. The van der Waals surface area contributed by atoms with Crippen molar-refractivity contribution >= 4 is 0 Å². The molecule has 3 nitrogen and oxygen atoms in total. The van der Waals surface area contributed by atoms with Crippen LogP contribution in [0.2, 0.25) is 0 Å². The fourth-order valence-corrected chi connectivity index (χ4v) is 1.37. The standard InChI is InChI=1S/C8H17NO2/c1-6(10)7-5-11-8(2,3)9(7)4/h6-7,10H,5H2,1-4H3/t6-,7+/m1/s1. The van der Waals surface area contributed by atoms with Gasteiger partial charge in [-0.15, -0.1) is 0 Å². The van der Waals surface area contributed by atoms with Gasteiger partial charge in [0.25, 0.3) is 0 Å². The molecule has 1 saturated heterocycles. The van der Waals surface area contributed by atoms with Crippen LogP contribution in [0.15, 0.2) is 0 Å². The monoisotopic (exact) mass is 159 g/mol. The van der Waals surface area contributed by atoms with Crippen LogP contribution in [0.5, 0.6) is 0 Å². The van der Waals surface area contributed by atoms with Gasteiger partial charge in [0.15, 0.2) is 0 Å². The van der Waals surface area contributed by atoms with E-state index in [0.717, 1.165) is 0 Å². The Bertz CT molecular complexity index is 145. The van der Waals surface area contributed by atoms with Crippen LogP contribution in [-0.4, -0.2) is 41.5 Å². The van der Waals surface area contributed by atoms with E-state index < -0.39 is 0 Å². The maximum absolute atomic E-state index is 9.33. The van der Waals surface area contributed by atoms with Gasteiger partial charge in [-0.05, 0) is 27.8 Å². The fourth-order valence-electron chi connectivity index (χ4n) is 1.37. The quantitative estimate of drug-likeness (QED) is 0.602. The number of ether oxygens (including phenoxy) is 1. The van der Waals surface area contributed by atoms with Crippen molar-refractivity contribution in [3.63, 3.8) is 0 Å². The van der Waals surface area contributed by atoms with Gasteiger partial charge in [0.2, 0.25) is 0 Å². The maximum Gasteiger partial charge on any atom is 0.116 e. The molecular formula is C8H17NO2. The molecule has 0 radical (unpaired) electrons. The Kier molecular flexibility index (Phi) is 2.23. The molecule has 0 aromatic heterocycles. The summed E-state index contributed by atoms with van der Waals surface area (Å²) in [6.45, 7) is 6.44. The van der Waals surface area contributed by atoms with E-state index in [4.69, 9.17) is 4.74 Å². The lowest BCUT2D eigenvalue weighted by atomic mass is 10.1. The second-order valence-corrected chi connectivity index (χ2v) is 3.68. The summed E-state index contributed by atoms with van der Waals surface area (Å²) in [5.74, 6) is 0. The first kappa shape index (κ1) is 8.97. The van der Waals surface area contributed by atoms with Crippen LogP contribution in [0.1, 0.15) is 20.8 Å². The molecule has 2 atom stereocenters. The third kappa shape index (κ3) is 1.55. The highest BCUT2D eigenvalue weighted by molar-refractivity contribution is 4.86. The molecule has 0 saturated carbocycles. The van der Waals surface area contributed by atoms with Crippen molar-refractivity contribution in [2.24, 2.45) is 0 Å². The molecule has 1 N–H and O–H groups in total. The van der Waals surface area contributed by atoms with E-state index in [-0.39, 0.29) is 17.9 Å². The molecule has 1 rings (SSSR count). The second kappa shape index (κ2) is 2.73. The van der Waals surface area contributed by atoms with Gasteiger partial charge in [0.1, 0.15) is 5.72 Å². The fraction of sp³-hybridized carbons (Fsp3) is 1.00. The predicted molar refractivity (Wildman–Crippen MR) is 43.3 cm³/mol. The first-order valence-corrected chi connectivity index (χ1v) is 4.00. The Morgan fingerprint density at radius 3 is 2.36 bits per heavy atom. The summed E-state index contributed by atoms with van der Waals surface area (Å²) in [6.07, 6.45) is -0.318. The lowest BCUT2D eigenvalue weighted by Crippen LogP contribution is -2.44. The van der Waals surface area contributed by atoms with E-state index in [1.807, 2.05) is 20.9 Å². The number of nitrogens with zero attached hydrogens (tertiary/aromatic N) is 1. The maximum atomic E-state index is 9.33. The Morgan fingerprint density at radius 2 is 2.18 bits per heavy atom. The van der Waals surface area contributed by atoms with Crippen LogP contribution in [0.4, 0.5) is 0 Å². The van der Waals surface area contributed by atoms with E-state index >= 15 is 0 Å². The summed E-state index contributed by atoms with van der Waals surface area (Å²) in [7, 11) is 1.98. The van der Waals surface area contributed by atoms with Crippen molar-refractivity contribution in [1.29, 1.82) is 0 Å². The summed E-state index contributed by atoms with van der Waals surface area (Å²) in [5, 5.41) is 9.33. The minimum Gasteiger partial charge on any atom is -0.392 e. The Balaban J connectivity index is 2.63. The molecule has 66 valence electrons. The smallest absolute Gasteiger partial charge is 0.116 e. The van der Waals surface area contributed by atoms with Crippen molar-refractivity contribution in [3.05, 3.63) is 0 Å². The summed E-state index contributed by atoms with van der Waals surface area (Å²) in [6, 6.07) is 0.144. The number of aliphatic hydroxyl groups is 1. The molecule has 0 spiro atoms. The van der Waals surface area contributed by atoms with Crippen molar-refractivity contribution in [2.75, 3.05) is 13.7 Å². The van der Waals surface area contributed by atoms with E-state index in [1.165, 1.54) is 0 Å². The molecule has 1 aliphatic rings. The second-order valence-electron chi connectivity index (χ2n) is 3.68. The average Bonchev–Trinajstić information content (AvgIpc) is 2.09. The lowest BCUT2D eigenvalue weighted by Gasteiger charge is -2.30. The molecule has 1 fully saturated rings. The molecule has 3 heteroatoms. The number of likely N-dealkylation sites (N-methyl/N-ethyl adjacent to an activating group) is 1. The van der Waals surface area contributed by atoms with Crippen LogP contribution in [-0.2, 0) is 4.74 Å². The first-order valence-electron chi connectivity index (χ1n) is 4.00. The Hall–Kier alpha value is -0.120. The zero-order chi connectivity index (χ0) is 8.65. The normalized spacial score (nSPS) is 34.1. The molecular weight excluding hydrogens is 142 g/mol. The summed E-state index contributed by atoms with van der Waals surface area (Å²) in [5.41, 5.74) is -0.221. The number of aliphatic hydroxyl groups excluding tert-OH is 1. The molecule has 0 bridgehead atoms. The van der Waals surface area contributed by atoms with Crippen LogP contribution in [0, 0.1) is 0 Å². The SMILES string of the molecule is C[C@@H](O)[C@@H]1COC(C)(C)N1C. The topological polar surface area (TPSA) is 32.7 Å². The number of hydrogen-bond acceptors (Lipinski definition) is 3. The van der Waals surface area contributed by atoms with Crippen LogP contribution in [0.25, 0.3) is 0 Å². The van der Waals surface area contributed by atoms with Crippen molar-refractivity contribution in [3.8, 4) is 0 Å². The van der Waals surface area contributed by atoms with E-state index in [1.54, 1.807) is 6.92 Å². The van der Waals surface area contributed by atoms with Crippen molar-refractivity contribution < 1.29 is 9.84 Å². The lowest BCUT2D eigenvalue weighted by molar-refractivity contribution is -0.0453. The van der Waals surface area contributed by atoms with Gasteiger partial charge in [-0.1, -0.05) is 0 Å². The Labute approximate surface area is 68.0 Å². The van der Waals surface area contributed by atoms with Gasteiger partial charge in [-0.3, -0.25) is 4.90 Å². The van der Waals surface area contributed by atoms with E-state index in [9.17, 15) is 5.11 Å². The zero-order valence-corrected chi connectivity index (χ0v) is 7.66. The van der Waals surface area contributed by atoms with Crippen LogP contribution in [0.3, 0.4) is 0 Å². The first-order chi connectivity index (χ1) is 4.95. The van der Waals surface area contributed by atoms with Gasteiger partial charge < -0.3 is 9.84 Å². The molecule has 1 aliphatic heterocycles. The number of rotatable bonds is 1. The minimum absolute atomic E-state index is 0.144. The van der Waals surface area contributed by atoms with Gasteiger partial charge in [-0.25, -0.2) is 0 Å². The number of hydrogen-bond donors (Lipinski definition) is 1. The largest absolute Gasteiger partial charge is 0.392 e. The molecule has 0 amide bonds. The molecule has 0 aromatic carbocycles.